The SMILES string of the molecule is CN(C)C1CCN(CC(=O)NC2CCC(n3cc(-c4ccncn4)cn3)CC2)C1. The number of carbonyl (C=O) groups excluding carboxylic acids is 1. The number of nitrogens with one attached hydrogen (secondary N) is 1. The van der Waals surface area contributed by atoms with Crippen LogP contribution >= 0.6 is 0 Å². The van der Waals surface area contributed by atoms with Crippen LogP contribution in [0.3, 0.4) is 0 Å². The van der Waals surface area contributed by atoms with Crippen LogP contribution in [0.1, 0.15) is 38.1 Å². The molecule has 2 fully saturated rings. The van der Waals surface area contributed by atoms with Gasteiger partial charge in [-0.1, -0.05) is 0 Å². The van der Waals surface area contributed by atoms with Gasteiger partial charge in [-0.15, -0.1) is 0 Å². The average Bonchev–Trinajstić information content (AvgIpc) is 3.39. The fraction of sp³-hybridized carbons (Fsp3) is 0.619. The van der Waals surface area contributed by atoms with Crippen LogP contribution in [0.5, 0.6) is 0 Å². The van der Waals surface area contributed by atoms with Gasteiger partial charge in [0.1, 0.15) is 6.33 Å². The van der Waals surface area contributed by atoms with E-state index in [0.717, 1.165) is 56.5 Å². The first-order valence-corrected chi connectivity index (χ1v) is 10.6. The Hall–Kier alpha value is -2.32. The lowest BCUT2D eigenvalue weighted by atomic mass is 9.91. The molecule has 1 aliphatic heterocycles. The van der Waals surface area contributed by atoms with E-state index in [2.05, 4.69) is 55.2 Å². The highest BCUT2D eigenvalue weighted by Gasteiger charge is 2.27. The topological polar surface area (TPSA) is 79.2 Å². The van der Waals surface area contributed by atoms with E-state index in [4.69, 9.17) is 0 Å². The molecule has 8 nitrogen and oxygen atoms in total. The molecule has 1 N–H and O–H groups in total. The fourth-order valence-corrected chi connectivity index (χ4v) is 4.47. The van der Waals surface area contributed by atoms with Gasteiger partial charge in [-0.3, -0.25) is 14.4 Å². The maximum Gasteiger partial charge on any atom is 0.234 e. The van der Waals surface area contributed by atoms with Gasteiger partial charge in [0.05, 0.1) is 24.5 Å². The molecule has 1 saturated heterocycles. The molecule has 0 spiro atoms. The van der Waals surface area contributed by atoms with Gasteiger partial charge in [-0.25, -0.2) is 9.97 Å². The van der Waals surface area contributed by atoms with Crippen molar-refractivity contribution in [3.05, 3.63) is 31.0 Å². The Kier molecular flexibility index (Phi) is 6.20. The van der Waals surface area contributed by atoms with Crippen molar-refractivity contribution in [2.45, 2.75) is 50.2 Å². The Labute approximate surface area is 172 Å². The molecular weight excluding hydrogens is 366 g/mol. The minimum absolute atomic E-state index is 0.165. The summed E-state index contributed by atoms with van der Waals surface area (Å²) in [6.45, 7) is 2.52. The summed E-state index contributed by atoms with van der Waals surface area (Å²) < 4.78 is 2.06. The smallest absolute Gasteiger partial charge is 0.234 e. The number of nitrogens with zero attached hydrogens (tertiary/aromatic N) is 6. The molecule has 8 heteroatoms. The zero-order valence-electron chi connectivity index (χ0n) is 17.4. The molecule has 1 saturated carbocycles. The van der Waals surface area contributed by atoms with Crippen molar-refractivity contribution in [2.24, 2.45) is 0 Å². The summed E-state index contributed by atoms with van der Waals surface area (Å²) >= 11 is 0. The van der Waals surface area contributed by atoms with Crippen LogP contribution in [-0.4, -0.2) is 81.3 Å². The number of likely N-dealkylation sites (tertiary alicyclic amines) is 1. The molecule has 0 aromatic carbocycles. The van der Waals surface area contributed by atoms with Gasteiger partial charge in [-0.05, 0) is 52.3 Å². The number of hydrogen-bond donors (Lipinski definition) is 1. The van der Waals surface area contributed by atoms with E-state index in [0.29, 0.717) is 18.6 Å². The van der Waals surface area contributed by atoms with Crippen molar-refractivity contribution >= 4 is 5.91 Å². The Morgan fingerprint density at radius 1 is 1.24 bits per heavy atom. The van der Waals surface area contributed by atoms with Crippen LogP contribution in [-0.2, 0) is 4.79 Å². The van der Waals surface area contributed by atoms with Crippen molar-refractivity contribution in [1.29, 1.82) is 0 Å². The minimum Gasteiger partial charge on any atom is -0.352 e. The Morgan fingerprint density at radius 3 is 2.76 bits per heavy atom. The van der Waals surface area contributed by atoms with Crippen LogP contribution in [0.2, 0.25) is 0 Å². The largest absolute Gasteiger partial charge is 0.352 e. The number of carbonyl (C=O) groups is 1. The number of aromatic nitrogens is 4. The van der Waals surface area contributed by atoms with Gasteiger partial charge in [0.15, 0.2) is 0 Å². The van der Waals surface area contributed by atoms with Gasteiger partial charge in [-0.2, -0.15) is 5.10 Å². The third-order valence-electron chi connectivity index (χ3n) is 6.26. The fourth-order valence-electron chi connectivity index (χ4n) is 4.47. The second kappa shape index (κ2) is 9.00. The van der Waals surface area contributed by atoms with E-state index in [1.165, 1.54) is 0 Å². The summed E-state index contributed by atoms with van der Waals surface area (Å²) in [5, 5.41) is 7.80. The van der Waals surface area contributed by atoms with E-state index in [1.54, 1.807) is 12.5 Å². The molecule has 0 bridgehead atoms. The summed E-state index contributed by atoms with van der Waals surface area (Å²) in [7, 11) is 4.23. The summed E-state index contributed by atoms with van der Waals surface area (Å²) in [4.78, 5) is 25.2. The molecule has 4 rings (SSSR count). The van der Waals surface area contributed by atoms with Crippen LogP contribution in [0.25, 0.3) is 11.3 Å². The van der Waals surface area contributed by atoms with Crippen molar-refractivity contribution in [3.63, 3.8) is 0 Å². The van der Waals surface area contributed by atoms with E-state index in [-0.39, 0.29) is 11.9 Å². The first-order valence-electron chi connectivity index (χ1n) is 10.6. The molecule has 1 amide bonds. The number of rotatable bonds is 6. The molecule has 3 heterocycles. The third-order valence-corrected chi connectivity index (χ3v) is 6.26. The number of amides is 1. The van der Waals surface area contributed by atoms with Crippen LogP contribution < -0.4 is 5.32 Å². The van der Waals surface area contributed by atoms with Crippen molar-refractivity contribution in [3.8, 4) is 11.3 Å². The van der Waals surface area contributed by atoms with Crippen LogP contribution in [0.15, 0.2) is 31.0 Å². The molecule has 2 aliphatic rings. The highest BCUT2D eigenvalue weighted by Crippen LogP contribution is 2.29. The van der Waals surface area contributed by atoms with E-state index >= 15 is 0 Å². The summed E-state index contributed by atoms with van der Waals surface area (Å²) in [6, 6.07) is 3.13. The number of hydrogen-bond acceptors (Lipinski definition) is 6. The standard InChI is InChI=1S/C21H31N7O/c1-26(2)19-8-10-27(13-19)14-21(29)25-17-3-5-18(6-4-17)28-12-16(11-24-28)20-7-9-22-15-23-20/h7,9,11-12,15,17-19H,3-6,8,10,13-14H2,1-2H3,(H,25,29). The van der Waals surface area contributed by atoms with Gasteiger partial charge in [0, 0.05) is 43.1 Å². The van der Waals surface area contributed by atoms with Gasteiger partial charge >= 0.3 is 0 Å². The molecule has 2 aromatic heterocycles. The Morgan fingerprint density at radius 2 is 2.07 bits per heavy atom. The highest BCUT2D eigenvalue weighted by atomic mass is 16.2. The molecular formula is C21H31N7O. The molecule has 156 valence electrons. The lowest BCUT2D eigenvalue weighted by Gasteiger charge is -2.30. The van der Waals surface area contributed by atoms with Crippen molar-refractivity contribution in [1.82, 2.24) is 34.9 Å². The Bertz CT molecular complexity index is 798. The Balaban J connectivity index is 1.23. The molecule has 1 aliphatic carbocycles. The summed E-state index contributed by atoms with van der Waals surface area (Å²) in [5.41, 5.74) is 1.91. The van der Waals surface area contributed by atoms with E-state index in [1.807, 2.05) is 12.3 Å². The molecule has 2 aromatic rings. The quantitative estimate of drug-likeness (QED) is 0.797. The van der Waals surface area contributed by atoms with E-state index in [9.17, 15) is 4.79 Å². The van der Waals surface area contributed by atoms with E-state index < -0.39 is 0 Å². The highest BCUT2D eigenvalue weighted by molar-refractivity contribution is 5.78. The lowest BCUT2D eigenvalue weighted by Crippen LogP contribution is -2.43. The molecule has 1 unspecified atom stereocenters. The maximum absolute atomic E-state index is 12.5. The first kappa shape index (κ1) is 20.0. The predicted octanol–water partition coefficient (Wildman–Crippen LogP) is 1.58. The summed E-state index contributed by atoms with van der Waals surface area (Å²) in [6.07, 6.45) is 12.4. The first-order chi connectivity index (χ1) is 14.1. The normalized spacial score (nSPS) is 25.4. The van der Waals surface area contributed by atoms with Gasteiger partial charge < -0.3 is 10.2 Å². The molecule has 0 radical (unpaired) electrons. The third kappa shape index (κ3) is 5.00. The molecule has 1 atom stereocenters. The zero-order chi connectivity index (χ0) is 20.2. The predicted molar refractivity (Wildman–Crippen MR) is 111 cm³/mol. The minimum atomic E-state index is 0.165. The monoisotopic (exact) mass is 397 g/mol. The van der Waals surface area contributed by atoms with Crippen molar-refractivity contribution < 1.29 is 4.79 Å². The lowest BCUT2D eigenvalue weighted by molar-refractivity contribution is -0.123. The maximum atomic E-state index is 12.5. The van der Waals surface area contributed by atoms with Gasteiger partial charge in [0.2, 0.25) is 5.91 Å². The van der Waals surface area contributed by atoms with Crippen LogP contribution in [0, 0.1) is 0 Å². The second-order valence-corrected chi connectivity index (χ2v) is 8.52. The van der Waals surface area contributed by atoms with Crippen LogP contribution in [0.4, 0.5) is 0 Å². The van der Waals surface area contributed by atoms with Gasteiger partial charge in [0.25, 0.3) is 0 Å². The number of likely N-dealkylation sites (N-methyl/N-ethyl adjacent to an activating group) is 1. The second-order valence-electron chi connectivity index (χ2n) is 8.52. The van der Waals surface area contributed by atoms with Crippen molar-refractivity contribution in [2.75, 3.05) is 33.7 Å². The zero-order valence-corrected chi connectivity index (χ0v) is 17.4. The summed E-state index contributed by atoms with van der Waals surface area (Å²) in [5.74, 6) is 0.165. The average molecular weight is 398 g/mol. The molecule has 29 heavy (non-hydrogen) atoms.